The maximum atomic E-state index is 5.81. The van der Waals surface area contributed by atoms with Gasteiger partial charge in [-0.2, -0.15) is 0 Å². The lowest BCUT2D eigenvalue weighted by Gasteiger charge is -2.37. The van der Waals surface area contributed by atoms with E-state index in [9.17, 15) is 0 Å². The molecule has 2 aliphatic heterocycles. The van der Waals surface area contributed by atoms with Gasteiger partial charge in [0.15, 0.2) is 13.6 Å². The highest BCUT2D eigenvalue weighted by molar-refractivity contribution is 6.11. The van der Waals surface area contributed by atoms with Gasteiger partial charge in [0.05, 0.1) is 50.7 Å². The third-order valence-corrected chi connectivity index (χ3v) is 8.44. The van der Waals surface area contributed by atoms with Gasteiger partial charge in [-0.3, -0.25) is 9.97 Å². The molecule has 4 heterocycles. The van der Waals surface area contributed by atoms with Crippen LogP contribution in [0.4, 0.5) is 0 Å². The van der Waals surface area contributed by atoms with E-state index in [4.69, 9.17) is 38.4 Å². The second kappa shape index (κ2) is 15.1. The van der Waals surface area contributed by atoms with Crippen molar-refractivity contribution in [3.05, 3.63) is 111 Å². The van der Waals surface area contributed by atoms with Crippen LogP contribution < -0.4 is 9.47 Å². The van der Waals surface area contributed by atoms with Gasteiger partial charge in [-0.25, -0.2) is 0 Å². The Morgan fingerprint density at radius 1 is 0.604 bits per heavy atom. The molecule has 7 rings (SSSR count). The van der Waals surface area contributed by atoms with Crippen LogP contribution in [-0.4, -0.2) is 63.2 Å². The zero-order chi connectivity index (χ0) is 33.4. The SMILES string of the molecule is C=CC=C.CC1(COCOc2ccc(-c3ccnc4c3ccc3c(-c5ccc(OCOCC6(C)COC6)cc5)ccnc34)cc2)COC1. The summed E-state index contributed by atoms with van der Waals surface area (Å²) in [5, 5.41) is 2.09. The smallest absolute Gasteiger partial charge is 0.189 e. The van der Waals surface area contributed by atoms with Gasteiger partial charge in [0, 0.05) is 34.0 Å². The number of pyridine rings is 2. The Balaban J connectivity index is 0.000000952. The van der Waals surface area contributed by atoms with Crippen LogP contribution in [-0.2, 0) is 18.9 Å². The summed E-state index contributed by atoms with van der Waals surface area (Å²) in [7, 11) is 0. The molecule has 2 fully saturated rings. The van der Waals surface area contributed by atoms with E-state index in [0.29, 0.717) is 13.2 Å². The van der Waals surface area contributed by atoms with E-state index in [1.807, 2.05) is 48.8 Å². The van der Waals surface area contributed by atoms with Crippen molar-refractivity contribution in [3.63, 3.8) is 0 Å². The second-order valence-electron chi connectivity index (χ2n) is 12.9. The molecule has 8 heteroatoms. The van der Waals surface area contributed by atoms with E-state index in [2.05, 4.69) is 63.4 Å². The van der Waals surface area contributed by atoms with E-state index in [0.717, 1.165) is 82.0 Å². The van der Waals surface area contributed by atoms with Crippen LogP contribution in [0.15, 0.2) is 111 Å². The molecule has 2 saturated heterocycles. The molecule has 0 spiro atoms. The third-order valence-electron chi connectivity index (χ3n) is 8.44. The molecule has 0 unspecified atom stereocenters. The fourth-order valence-electron chi connectivity index (χ4n) is 5.66. The van der Waals surface area contributed by atoms with Crippen molar-refractivity contribution < 1.29 is 28.4 Å². The number of fused-ring (bicyclic) bond motifs is 3. The number of benzene rings is 3. The molecule has 0 amide bonds. The van der Waals surface area contributed by atoms with E-state index < -0.39 is 0 Å². The molecule has 0 saturated carbocycles. The van der Waals surface area contributed by atoms with Crippen molar-refractivity contribution in [2.24, 2.45) is 10.8 Å². The molecule has 0 bridgehead atoms. The van der Waals surface area contributed by atoms with E-state index in [-0.39, 0.29) is 24.4 Å². The summed E-state index contributed by atoms with van der Waals surface area (Å²) in [5.41, 5.74) is 6.28. The molecule has 2 aliphatic rings. The van der Waals surface area contributed by atoms with E-state index >= 15 is 0 Å². The first-order valence-corrected chi connectivity index (χ1v) is 16.1. The van der Waals surface area contributed by atoms with Crippen molar-refractivity contribution in [3.8, 4) is 33.8 Å². The summed E-state index contributed by atoms with van der Waals surface area (Å²) >= 11 is 0. The third kappa shape index (κ3) is 7.75. The van der Waals surface area contributed by atoms with Gasteiger partial charge in [0.1, 0.15) is 11.5 Å². The molecule has 2 aromatic heterocycles. The topological polar surface area (TPSA) is 81.2 Å². The van der Waals surface area contributed by atoms with Crippen LogP contribution in [0.3, 0.4) is 0 Å². The molecule has 48 heavy (non-hydrogen) atoms. The van der Waals surface area contributed by atoms with Gasteiger partial charge in [0.25, 0.3) is 0 Å². The van der Waals surface area contributed by atoms with Crippen LogP contribution in [0, 0.1) is 10.8 Å². The van der Waals surface area contributed by atoms with Crippen LogP contribution >= 0.6 is 0 Å². The summed E-state index contributed by atoms with van der Waals surface area (Å²) in [6, 6.07) is 24.5. The molecule has 0 radical (unpaired) electrons. The van der Waals surface area contributed by atoms with Crippen LogP contribution in [0.25, 0.3) is 44.1 Å². The van der Waals surface area contributed by atoms with E-state index in [1.165, 1.54) is 0 Å². The highest BCUT2D eigenvalue weighted by Crippen LogP contribution is 2.36. The molecule has 8 nitrogen and oxygen atoms in total. The van der Waals surface area contributed by atoms with Crippen molar-refractivity contribution in [2.45, 2.75) is 13.8 Å². The van der Waals surface area contributed by atoms with Gasteiger partial charge in [-0.05, 0) is 58.7 Å². The van der Waals surface area contributed by atoms with Gasteiger partial charge in [-0.15, -0.1) is 0 Å². The highest BCUT2D eigenvalue weighted by Gasteiger charge is 2.34. The number of allylic oxidation sites excluding steroid dienone is 2. The number of aromatic nitrogens is 2. The average molecular weight is 647 g/mol. The molecular formula is C40H42N2O6. The Kier molecular flexibility index (Phi) is 10.5. The fraction of sp³-hybridized carbons (Fsp3) is 0.300. The molecule has 0 atom stereocenters. The summed E-state index contributed by atoms with van der Waals surface area (Å²) in [5.74, 6) is 1.53. The van der Waals surface area contributed by atoms with Crippen molar-refractivity contribution in [2.75, 3.05) is 53.2 Å². The zero-order valence-corrected chi connectivity index (χ0v) is 27.7. The Morgan fingerprint density at radius 2 is 1.00 bits per heavy atom. The van der Waals surface area contributed by atoms with E-state index in [1.54, 1.807) is 12.2 Å². The summed E-state index contributed by atoms with van der Waals surface area (Å²) in [6.45, 7) is 15.7. The molecule has 0 aliphatic carbocycles. The van der Waals surface area contributed by atoms with Gasteiger partial charge >= 0.3 is 0 Å². The van der Waals surface area contributed by atoms with Gasteiger partial charge < -0.3 is 28.4 Å². The minimum absolute atomic E-state index is 0.106. The molecule has 5 aromatic rings. The minimum atomic E-state index is 0.106. The highest BCUT2D eigenvalue weighted by atomic mass is 16.7. The molecular weight excluding hydrogens is 604 g/mol. The first kappa shape index (κ1) is 33.3. The Labute approximate surface area is 281 Å². The summed E-state index contributed by atoms with van der Waals surface area (Å²) in [6.07, 6.45) is 6.97. The second-order valence-corrected chi connectivity index (χ2v) is 12.9. The number of ether oxygens (including phenoxy) is 6. The van der Waals surface area contributed by atoms with Crippen LogP contribution in [0.2, 0.25) is 0 Å². The minimum Gasteiger partial charge on any atom is -0.468 e. The van der Waals surface area contributed by atoms with Crippen LogP contribution in [0.1, 0.15) is 13.8 Å². The van der Waals surface area contributed by atoms with Crippen molar-refractivity contribution >= 4 is 21.8 Å². The predicted molar refractivity (Wildman–Crippen MR) is 189 cm³/mol. The van der Waals surface area contributed by atoms with Crippen molar-refractivity contribution in [1.82, 2.24) is 9.97 Å². The van der Waals surface area contributed by atoms with Crippen LogP contribution in [0.5, 0.6) is 11.5 Å². The zero-order valence-electron chi connectivity index (χ0n) is 27.7. The Hall–Kier alpha value is -4.60. The summed E-state index contributed by atoms with van der Waals surface area (Å²) in [4.78, 5) is 9.52. The number of nitrogens with zero attached hydrogens (tertiary/aromatic N) is 2. The monoisotopic (exact) mass is 646 g/mol. The Bertz CT molecular complexity index is 1710. The first-order valence-electron chi connectivity index (χ1n) is 16.1. The largest absolute Gasteiger partial charge is 0.468 e. The molecule has 0 N–H and O–H groups in total. The normalized spacial score (nSPS) is 15.8. The summed E-state index contributed by atoms with van der Waals surface area (Å²) < 4.78 is 33.6. The Morgan fingerprint density at radius 3 is 1.33 bits per heavy atom. The lowest BCUT2D eigenvalue weighted by Crippen LogP contribution is -2.43. The van der Waals surface area contributed by atoms with Gasteiger partial charge in [-0.1, -0.05) is 75.6 Å². The standard InChI is InChI=1S/C36H36N2O6.C4H6/c1-35(17-39-18-35)21-41-23-43-27-7-3-25(4-8-27)29-13-15-37-33-31(29)11-12-32-30(14-16-38-34(32)33)26-5-9-28(10-6-26)44-24-42-22-36(2)19-40-20-36;1-3-4-2/h3-16H,17-24H2,1-2H3;3-4H,1-2H2. The molecule has 248 valence electrons. The fourth-order valence-corrected chi connectivity index (χ4v) is 5.66. The first-order chi connectivity index (χ1) is 23.4. The average Bonchev–Trinajstić information content (AvgIpc) is 3.10. The maximum absolute atomic E-state index is 5.81. The predicted octanol–water partition coefficient (Wildman–Crippen LogP) is 8.25. The molecule has 3 aromatic carbocycles. The lowest BCUT2D eigenvalue weighted by atomic mass is 9.90. The van der Waals surface area contributed by atoms with Gasteiger partial charge in [0.2, 0.25) is 0 Å². The lowest BCUT2D eigenvalue weighted by molar-refractivity contribution is -0.151. The van der Waals surface area contributed by atoms with Crippen molar-refractivity contribution in [1.29, 1.82) is 0 Å². The number of rotatable bonds is 13. The number of hydrogen-bond acceptors (Lipinski definition) is 8. The number of hydrogen-bond donors (Lipinski definition) is 0. The maximum Gasteiger partial charge on any atom is 0.189 e. The quantitative estimate of drug-likeness (QED) is 0.0548.